The fraction of sp³-hybridized carbons (Fsp3) is 0.731. The number of carbonyl (C=O) groups is 9. The molecule has 0 radical (unpaired) electrons. The number of fused-ring (bicyclic) bond motifs is 1. The zero-order chi connectivity index (χ0) is 109. The van der Waals surface area contributed by atoms with E-state index in [1.54, 1.807) is 76.2 Å². The molecule has 10 atom stereocenters. The van der Waals surface area contributed by atoms with E-state index in [2.05, 4.69) is 73.1 Å². The van der Waals surface area contributed by atoms with Crippen LogP contribution in [0.15, 0.2) is 77.9 Å². The zero-order valence-electron chi connectivity index (χ0n) is 91.9. The second-order valence-corrected chi connectivity index (χ2v) is 38.5. The van der Waals surface area contributed by atoms with Gasteiger partial charge in [0, 0.05) is 147 Å². The molecule has 840 valence electrons. The van der Waals surface area contributed by atoms with E-state index in [-0.39, 0.29) is 141 Å². The van der Waals surface area contributed by atoms with Crippen molar-refractivity contribution in [2.45, 2.75) is 220 Å². The number of hydrogen-bond acceptors (Lipinski definition) is 32. The first-order chi connectivity index (χ1) is 71.6. The standard InChI is InChI=1S/C54H95N3O20.C35H58N6O5.C19H26N2O2S2/c1-45(2)52(46(3)58)57(4)54(62)77-44-47-10-12-49(13-11-47)56-53(61)48(43-50(59)14-17-63-5)9-7-8-16-55-51(60)15-18-65-21-22-67-25-26-69-29-30-71-33-34-73-37-38-75-41-42-76-40-39-74-36-35-72-32-31-70-28-27-68-24-23-66-20-19-64-6;1-10-24(5)32(40(7)35(44)28(11-2)23(3)4)30(45-8)21-31(42)41-19-15-18-29(41)33(46-9)25(6)34(43)38-27(22-37-39-36)20-26-16-13-12-14-17-26;1-4-9-23-10-5-6-19(22)14-7-8-15-16(11-14)21-18(13-25-3)17(20-15)12-24-2/h10-13,45,48,52H,7-9,14-44H2,1-6H3,(H,55,60)(H,56,61);12-14,16-17,23-25,27-30,32-33H,10-11,15,18-22H2,1-9H3,(H,38,43);7-8,11H,4-6,9-10,12-13H2,1-3H3/t48-,52+;24-,25+,27-,28-,29-,30+,32-,33+;/m10./s1. The summed E-state index contributed by atoms with van der Waals surface area (Å²) in [7, 11) is 9.73. The molecule has 0 aliphatic carbocycles. The fourth-order valence-electron chi connectivity index (χ4n) is 16.6. The van der Waals surface area contributed by atoms with Gasteiger partial charge in [0.05, 0.1) is 237 Å². The van der Waals surface area contributed by atoms with Crippen molar-refractivity contribution in [2.24, 2.45) is 40.6 Å². The van der Waals surface area contributed by atoms with E-state index in [4.69, 9.17) is 101 Å². The molecular weight excluding hydrogens is 1950 g/mol. The lowest BCUT2D eigenvalue weighted by atomic mass is 9.87. The van der Waals surface area contributed by atoms with Gasteiger partial charge in [0.2, 0.25) is 29.5 Å². The number of anilines is 1. The van der Waals surface area contributed by atoms with E-state index in [1.807, 2.05) is 93.1 Å². The van der Waals surface area contributed by atoms with Gasteiger partial charge in [-0.3, -0.25) is 38.4 Å². The molecule has 3 aromatic carbocycles. The molecule has 1 aliphatic heterocycles. The van der Waals surface area contributed by atoms with Gasteiger partial charge < -0.3 is 116 Å². The molecule has 0 spiro atoms. The molecule has 0 bridgehead atoms. The number of likely N-dealkylation sites (N-methyl/N-ethyl adjacent to an activating group) is 2. The molecule has 0 unspecified atom stereocenters. The van der Waals surface area contributed by atoms with E-state index in [0.717, 1.165) is 78.2 Å². The number of benzene rings is 3. The molecule has 1 aliphatic rings. The molecule has 148 heavy (non-hydrogen) atoms. The largest absolute Gasteiger partial charge is 0.445 e. The summed E-state index contributed by atoms with van der Waals surface area (Å²) in [5.41, 5.74) is 15.6. The van der Waals surface area contributed by atoms with E-state index < -0.39 is 36.2 Å². The Bertz CT molecular complexity index is 4270. The first-order valence-corrected chi connectivity index (χ1v) is 55.3. The lowest BCUT2D eigenvalue weighted by Crippen LogP contribution is -2.54. The highest BCUT2D eigenvalue weighted by Crippen LogP contribution is 2.32. The van der Waals surface area contributed by atoms with Crippen LogP contribution in [0.4, 0.5) is 10.5 Å². The molecule has 4 aromatic rings. The number of nitrogens with one attached hydrogen (secondary N) is 3. The highest BCUT2D eigenvalue weighted by Gasteiger charge is 2.43. The highest BCUT2D eigenvalue weighted by molar-refractivity contribution is 7.98. The summed E-state index contributed by atoms with van der Waals surface area (Å²) in [5.74, 6) is 0.0511. The van der Waals surface area contributed by atoms with Crippen LogP contribution in [0.25, 0.3) is 21.5 Å². The maximum atomic E-state index is 14.0. The number of ketones is 3. The number of carbonyl (C=O) groups excluding carboxylic acids is 9. The fourth-order valence-corrected chi connectivity index (χ4v) is 17.6. The number of unbranched alkanes of at least 4 members (excludes halogenated alkanes) is 1. The number of nitrogens with zero attached hydrogens (tertiary/aromatic N) is 8. The van der Waals surface area contributed by atoms with Crippen molar-refractivity contribution < 1.29 is 128 Å². The maximum absolute atomic E-state index is 14.0. The number of hydrogen-bond donors (Lipinski definition) is 3. The summed E-state index contributed by atoms with van der Waals surface area (Å²) >= 11 is 3.49. The Labute approximate surface area is 889 Å². The van der Waals surface area contributed by atoms with Crippen LogP contribution >= 0.6 is 23.5 Å². The van der Waals surface area contributed by atoms with Gasteiger partial charge in [-0.05, 0) is 136 Å². The smallest absolute Gasteiger partial charge is 0.410 e. The lowest BCUT2D eigenvalue weighted by Gasteiger charge is -2.40. The minimum Gasteiger partial charge on any atom is -0.445 e. The van der Waals surface area contributed by atoms with Gasteiger partial charge >= 0.3 is 6.09 Å². The summed E-state index contributed by atoms with van der Waals surface area (Å²) in [4.78, 5) is 134. The molecular formula is C108H179N11O27S2. The first-order valence-electron chi connectivity index (χ1n) is 52.5. The molecule has 40 heteroatoms. The lowest BCUT2D eigenvalue weighted by molar-refractivity contribution is -0.148. The molecule has 5 rings (SSSR count). The maximum Gasteiger partial charge on any atom is 0.410 e. The Morgan fingerprint density at radius 3 is 1.54 bits per heavy atom. The van der Waals surface area contributed by atoms with Crippen LogP contribution < -0.4 is 16.0 Å². The second-order valence-electron chi connectivity index (χ2n) is 36.8. The summed E-state index contributed by atoms with van der Waals surface area (Å²) in [6.07, 6.45) is 10.7. The van der Waals surface area contributed by atoms with Crippen LogP contribution in [0.2, 0.25) is 0 Å². The number of methoxy groups -OCH3 is 4. The number of aromatic nitrogens is 2. The van der Waals surface area contributed by atoms with Gasteiger partial charge in [-0.25, -0.2) is 14.8 Å². The molecule has 2 heterocycles. The van der Waals surface area contributed by atoms with Crippen LogP contribution in [-0.4, -0.2) is 374 Å². The quantitative estimate of drug-likeness (QED) is 0.0121. The normalized spacial score (nSPS) is 14.2. The predicted octanol–water partition coefficient (Wildman–Crippen LogP) is 14.3. The van der Waals surface area contributed by atoms with Crippen LogP contribution in [0.5, 0.6) is 0 Å². The number of Topliss-reactive ketones (excluding diaryl/α,β-unsaturated/α-hetero) is 3. The molecule has 6 amide bonds. The van der Waals surface area contributed by atoms with Gasteiger partial charge in [0.25, 0.3) is 0 Å². The predicted molar refractivity (Wildman–Crippen MR) is 575 cm³/mol. The highest BCUT2D eigenvalue weighted by atomic mass is 32.2. The van der Waals surface area contributed by atoms with E-state index in [0.29, 0.717) is 234 Å². The van der Waals surface area contributed by atoms with Gasteiger partial charge in [0.1, 0.15) is 12.4 Å². The molecule has 1 aromatic heterocycles. The Morgan fingerprint density at radius 1 is 0.547 bits per heavy atom. The average Bonchev–Trinajstić information content (AvgIpc) is 1.25. The van der Waals surface area contributed by atoms with E-state index in [1.165, 1.54) is 18.9 Å². The molecule has 1 fully saturated rings. The Balaban J connectivity index is 0.000000659. The van der Waals surface area contributed by atoms with Gasteiger partial charge in [0.15, 0.2) is 11.6 Å². The minimum atomic E-state index is -0.605. The van der Waals surface area contributed by atoms with Crippen molar-refractivity contribution >= 4 is 93.2 Å². The number of rotatable bonds is 86. The van der Waals surface area contributed by atoms with Crippen molar-refractivity contribution in [3.05, 3.63) is 111 Å². The molecule has 3 N–H and O–H groups in total. The Hall–Kier alpha value is -8.04. The first kappa shape index (κ1) is 134. The zero-order valence-corrected chi connectivity index (χ0v) is 93.6. The third-order valence-electron chi connectivity index (χ3n) is 24.7. The van der Waals surface area contributed by atoms with Crippen molar-refractivity contribution in [2.75, 3.05) is 265 Å². The van der Waals surface area contributed by atoms with Gasteiger partial charge in [-0.15, -0.1) is 0 Å². The second kappa shape index (κ2) is 85.4. The van der Waals surface area contributed by atoms with Crippen LogP contribution in [-0.2, 0) is 143 Å². The van der Waals surface area contributed by atoms with Crippen molar-refractivity contribution in [3.63, 3.8) is 0 Å². The number of thioether (sulfide) groups is 2. The molecule has 38 nitrogen and oxygen atoms in total. The summed E-state index contributed by atoms with van der Waals surface area (Å²) in [5, 5.41) is 12.6. The number of amides is 6. The number of ether oxygens (including phenoxy) is 18. The minimum absolute atomic E-state index is 0.00970. The van der Waals surface area contributed by atoms with Crippen molar-refractivity contribution in [1.29, 1.82) is 0 Å². The Kier molecular flexibility index (Phi) is 77.4. The summed E-state index contributed by atoms with van der Waals surface area (Å²) in [6.45, 7) is 33.9. The number of likely N-dealkylation sites (tertiary alicyclic amines) is 1. The van der Waals surface area contributed by atoms with Crippen LogP contribution in [0, 0.1) is 35.5 Å². The summed E-state index contributed by atoms with van der Waals surface area (Å²) < 4.78 is 98.5. The van der Waals surface area contributed by atoms with Crippen LogP contribution in [0.1, 0.15) is 192 Å². The van der Waals surface area contributed by atoms with Gasteiger partial charge in [-0.1, -0.05) is 123 Å². The van der Waals surface area contributed by atoms with Gasteiger partial charge in [-0.2, -0.15) is 23.5 Å². The SMILES string of the molecule is CCCOCCCC(=O)c1ccc2nc(CSC)c(CSC)nc2c1.CC[C@H](C(=O)N(C)[C@@H]([C@@H](C)CC)[C@@H](CC(=O)N1CCC[C@H]1[C@H](OC)[C@@H](C)C(=O)N[C@H](CN=[N+]=[N-])Cc1ccccc1)OC)C(C)C.COCCOCCOCCOCCOCCOCCOCCOCCOCCOCCOCCOCCOCCC(=O)NCCCC[C@H](CC(=O)CCOC)C(=O)Nc1ccc(COC(=O)N(C)[C@H](C(C)=O)C(C)C)cc1. The monoisotopic (exact) mass is 2130 g/mol. The number of azide groups is 1. The van der Waals surface area contributed by atoms with E-state index in [9.17, 15) is 43.2 Å². The Morgan fingerprint density at radius 2 is 1.07 bits per heavy atom. The molecule has 0 saturated carbocycles. The van der Waals surface area contributed by atoms with Crippen molar-refractivity contribution in [3.8, 4) is 0 Å². The third kappa shape index (κ3) is 58.1. The van der Waals surface area contributed by atoms with Crippen LogP contribution in [0.3, 0.4) is 0 Å². The topological polar surface area (TPSA) is 440 Å². The van der Waals surface area contributed by atoms with Crippen molar-refractivity contribution in [1.82, 2.24) is 35.3 Å². The molecule has 1 saturated heterocycles. The average molecular weight is 2130 g/mol. The summed E-state index contributed by atoms with van der Waals surface area (Å²) in [6, 6.07) is 20.7. The third-order valence-corrected chi connectivity index (χ3v) is 25.8. The van der Waals surface area contributed by atoms with E-state index >= 15 is 0 Å².